The number of hydrogen-bond donors (Lipinski definition) is 2. The van der Waals surface area contributed by atoms with E-state index in [4.69, 9.17) is 5.11 Å². The van der Waals surface area contributed by atoms with Crippen molar-refractivity contribution in [3.05, 3.63) is 90.0 Å². The lowest BCUT2D eigenvalue weighted by Crippen LogP contribution is -2.41. The molecule has 0 bridgehead atoms. The maximum absolute atomic E-state index is 13.0. The molecule has 6 heteroatoms. The lowest BCUT2D eigenvalue weighted by molar-refractivity contribution is -0.136. The van der Waals surface area contributed by atoms with Gasteiger partial charge in [0, 0.05) is 28.6 Å². The smallest absolute Gasteiger partial charge is 0.321 e. The van der Waals surface area contributed by atoms with Crippen molar-refractivity contribution in [3.8, 4) is 0 Å². The fraction of sp³-hybridized carbons (Fsp3) is 0.310. The number of anilines is 1. The average molecular weight is 491 g/mol. The summed E-state index contributed by atoms with van der Waals surface area (Å²) in [5.41, 5.74) is 2.94. The van der Waals surface area contributed by atoms with Gasteiger partial charge < -0.3 is 10.4 Å². The van der Waals surface area contributed by atoms with Crippen LogP contribution in [0.2, 0.25) is 0 Å². The normalized spacial score (nSPS) is 10.7. The molecule has 0 atom stereocenters. The van der Waals surface area contributed by atoms with E-state index in [0.717, 1.165) is 53.1 Å². The lowest BCUT2D eigenvalue weighted by atomic mass is 10.1. The van der Waals surface area contributed by atoms with Gasteiger partial charge in [-0.25, -0.2) is 4.79 Å². The number of rotatable bonds is 13. The number of carboxylic acid groups (broad SMARTS) is 1. The summed E-state index contributed by atoms with van der Waals surface area (Å²) in [6.07, 6.45) is 5.05. The third-order valence-electron chi connectivity index (χ3n) is 5.65. The third-order valence-corrected chi connectivity index (χ3v) is 6.67. The van der Waals surface area contributed by atoms with Gasteiger partial charge >= 0.3 is 12.0 Å². The number of carbonyl (C=O) groups is 2. The Balaban J connectivity index is 1.64. The Labute approximate surface area is 212 Å². The van der Waals surface area contributed by atoms with Crippen LogP contribution in [0, 0.1) is 0 Å². The number of unbranched alkanes of at least 4 members (excludes halogenated alkanes) is 2. The van der Waals surface area contributed by atoms with Gasteiger partial charge in [0.1, 0.15) is 0 Å². The molecule has 0 fully saturated rings. The molecule has 5 nitrogen and oxygen atoms in total. The highest BCUT2D eigenvalue weighted by Gasteiger charge is 2.15. The predicted molar refractivity (Wildman–Crippen MR) is 143 cm³/mol. The van der Waals surface area contributed by atoms with E-state index in [9.17, 15) is 9.59 Å². The molecule has 0 aromatic heterocycles. The molecule has 184 valence electrons. The highest BCUT2D eigenvalue weighted by molar-refractivity contribution is 7.99. The SMILES string of the molecule is CCCCCNC(=O)N(CCCc1ccccc1)c1ccc(Sc2ccc(CC(=O)O)cc2)cc1. The molecule has 0 unspecified atom stereocenters. The first-order valence-corrected chi connectivity index (χ1v) is 13.0. The maximum Gasteiger partial charge on any atom is 0.321 e. The summed E-state index contributed by atoms with van der Waals surface area (Å²) in [5, 5.41) is 12.0. The first-order chi connectivity index (χ1) is 17.0. The topological polar surface area (TPSA) is 69.6 Å². The molecule has 0 heterocycles. The van der Waals surface area contributed by atoms with E-state index in [-0.39, 0.29) is 12.5 Å². The summed E-state index contributed by atoms with van der Waals surface area (Å²) in [4.78, 5) is 27.8. The third kappa shape index (κ3) is 9.13. The molecular weight excluding hydrogens is 456 g/mol. The quantitative estimate of drug-likeness (QED) is 0.258. The van der Waals surface area contributed by atoms with Gasteiger partial charge in [-0.3, -0.25) is 9.69 Å². The molecule has 0 aliphatic heterocycles. The Morgan fingerprint density at radius 3 is 2.11 bits per heavy atom. The Morgan fingerprint density at radius 2 is 1.49 bits per heavy atom. The van der Waals surface area contributed by atoms with Crippen molar-refractivity contribution >= 4 is 29.4 Å². The molecule has 2 amide bonds. The molecule has 35 heavy (non-hydrogen) atoms. The second-order valence-electron chi connectivity index (χ2n) is 8.49. The molecule has 0 aliphatic rings. The standard InChI is InChI=1S/C29H34N2O3S/c1-2-3-7-20-30-29(34)31(21-8-11-23-9-5-4-6-10-23)25-14-18-27(19-15-25)35-26-16-12-24(13-17-26)22-28(32)33/h4-6,9-10,12-19H,2-3,7-8,11,20-22H2,1H3,(H,30,34)(H,32,33). The minimum Gasteiger partial charge on any atom is -0.481 e. The molecule has 0 aliphatic carbocycles. The summed E-state index contributed by atoms with van der Waals surface area (Å²) in [6, 6.07) is 25.9. The number of nitrogens with zero attached hydrogens (tertiary/aromatic N) is 1. The van der Waals surface area contributed by atoms with Crippen LogP contribution in [-0.2, 0) is 17.6 Å². The van der Waals surface area contributed by atoms with Gasteiger partial charge in [0.25, 0.3) is 0 Å². The van der Waals surface area contributed by atoms with Gasteiger partial charge in [-0.1, -0.05) is 74.0 Å². The summed E-state index contributed by atoms with van der Waals surface area (Å²) in [7, 11) is 0. The van der Waals surface area contributed by atoms with E-state index >= 15 is 0 Å². The van der Waals surface area contributed by atoms with Gasteiger partial charge in [-0.15, -0.1) is 0 Å². The zero-order valence-electron chi connectivity index (χ0n) is 20.3. The van der Waals surface area contributed by atoms with Crippen LogP contribution in [0.4, 0.5) is 10.5 Å². The first-order valence-electron chi connectivity index (χ1n) is 12.2. The minimum atomic E-state index is -0.830. The molecule has 2 N–H and O–H groups in total. The number of benzene rings is 3. The number of nitrogens with one attached hydrogen (secondary N) is 1. The Hall–Kier alpha value is -3.25. The largest absolute Gasteiger partial charge is 0.481 e. The van der Waals surface area contributed by atoms with Gasteiger partial charge in [0.05, 0.1) is 6.42 Å². The number of hydrogen-bond acceptors (Lipinski definition) is 3. The van der Waals surface area contributed by atoms with E-state index < -0.39 is 5.97 Å². The second-order valence-corrected chi connectivity index (χ2v) is 9.64. The van der Waals surface area contributed by atoms with Crippen LogP contribution in [-0.4, -0.2) is 30.2 Å². The van der Waals surface area contributed by atoms with Crippen LogP contribution >= 0.6 is 11.8 Å². The monoisotopic (exact) mass is 490 g/mol. The fourth-order valence-electron chi connectivity index (χ4n) is 3.78. The minimum absolute atomic E-state index is 0.0280. The summed E-state index contributed by atoms with van der Waals surface area (Å²) in [5.74, 6) is -0.830. The highest BCUT2D eigenvalue weighted by Crippen LogP contribution is 2.29. The molecule has 0 saturated carbocycles. The zero-order valence-corrected chi connectivity index (χ0v) is 21.1. The van der Waals surface area contributed by atoms with Gasteiger partial charge in [-0.2, -0.15) is 0 Å². The van der Waals surface area contributed by atoms with Crippen LogP contribution < -0.4 is 10.2 Å². The fourth-order valence-corrected chi connectivity index (χ4v) is 4.60. The highest BCUT2D eigenvalue weighted by atomic mass is 32.2. The van der Waals surface area contributed by atoms with Gasteiger partial charge in [0.15, 0.2) is 0 Å². The molecular formula is C29H34N2O3S. The lowest BCUT2D eigenvalue weighted by Gasteiger charge is -2.24. The van der Waals surface area contributed by atoms with Crippen molar-refractivity contribution < 1.29 is 14.7 Å². The van der Waals surface area contributed by atoms with Crippen molar-refractivity contribution in [2.75, 3.05) is 18.0 Å². The van der Waals surface area contributed by atoms with E-state index in [1.807, 2.05) is 71.6 Å². The number of aryl methyl sites for hydroxylation is 1. The summed E-state index contributed by atoms with van der Waals surface area (Å²) < 4.78 is 0. The molecule has 0 saturated heterocycles. The van der Waals surface area contributed by atoms with Gasteiger partial charge in [0.2, 0.25) is 0 Å². The van der Waals surface area contributed by atoms with Crippen molar-refractivity contribution in [2.45, 2.75) is 55.2 Å². The molecule has 3 aromatic rings. The Kier molecular flexibility index (Phi) is 10.7. The number of amides is 2. The molecule has 0 radical (unpaired) electrons. The second kappa shape index (κ2) is 14.2. The van der Waals surface area contributed by atoms with Crippen LogP contribution in [0.1, 0.15) is 43.7 Å². The molecule has 0 spiro atoms. The number of carbonyl (C=O) groups excluding carboxylic acids is 1. The van der Waals surface area contributed by atoms with Crippen LogP contribution in [0.3, 0.4) is 0 Å². The van der Waals surface area contributed by atoms with Crippen molar-refractivity contribution in [1.29, 1.82) is 0 Å². The van der Waals surface area contributed by atoms with Gasteiger partial charge in [-0.05, 0) is 66.8 Å². The van der Waals surface area contributed by atoms with Crippen molar-refractivity contribution in [2.24, 2.45) is 0 Å². The predicted octanol–water partition coefficient (Wildman–Crippen LogP) is 6.80. The summed E-state index contributed by atoms with van der Waals surface area (Å²) >= 11 is 1.61. The van der Waals surface area contributed by atoms with Crippen LogP contribution in [0.15, 0.2) is 88.7 Å². The first kappa shape index (κ1) is 26.4. The van der Waals surface area contributed by atoms with E-state index in [0.29, 0.717) is 13.1 Å². The number of carboxylic acids is 1. The maximum atomic E-state index is 13.0. The van der Waals surface area contributed by atoms with Crippen molar-refractivity contribution in [1.82, 2.24) is 5.32 Å². The number of urea groups is 1. The van der Waals surface area contributed by atoms with E-state index in [1.54, 1.807) is 11.8 Å². The Bertz CT molecular complexity index is 1050. The van der Waals surface area contributed by atoms with Crippen LogP contribution in [0.5, 0.6) is 0 Å². The van der Waals surface area contributed by atoms with Crippen LogP contribution in [0.25, 0.3) is 0 Å². The number of aliphatic carboxylic acids is 1. The molecule has 3 aromatic carbocycles. The zero-order chi connectivity index (χ0) is 24.9. The summed E-state index contributed by atoms with van der Waals surface area (Å²) in [6.45, 7) is 3.49. The van der Waals surface area contributed by atoms with Crippen molar-refractivity contribution in [3.63, 3.8) is 0 Å². The molecule has 3 rings (SSSR count). The van der Waals surface area contributed by atoms with E-state index in [2.05, 4.69) is 24.4 Å². The Morgan fingerprint density at radius 1 is 0.829 bits per heavy atom. The average Bonchev–Trinajstić information content (AvgIpc) is 2.86. The van der Waals surface area contributed by atoms with E-state index in [1.165, 1.54) is 5.56 Å².